The van der Waals surface area contributed by atoms with E-state index in [1.165, 1.54) is 0 Å². The van der Waals surface area contributed by atoms with Gasteiger partial charge >= 0.3 is 5.97 Å². The van der Waals surface area contributed by atoms with E-state index < -0.39 is 5.97 Å². The largest absolute Gasteiger partial charge is 0.478 e. The van der Waals surface area contributed by atoms with E-state index in [0.29, 0.717) is 0 Å². The van der Waals surface area contributed by atoms with Crippen molar-refractivity contribution in [3.63, 3.8) is 0 Å². The Hall–Kier alpha value is -3.19. The molecule has 1 aromatic carbocycles. The standard InChI is InChI=1S/C21H23N5O2/c1-3-25(4-2)10-9-23-20-16-7-8-22-13-18(16)26-17-6-5-14(21(27)28)11-15(17)12-19(26)24-20/h5-8,11-13H,3-4,9-10H2,1-2H3,(H,23,24)(H,27,28). The topological polar surface area (TPSA) is 82.8 Å². The summed E-state index contributed by atoms with van der Waals surface area (Å²) in [5.41, 5.74) is 2.89. The number of fused-ring (bicyclic) bond motifs is 5. The van der Waals surface area contributed by atoms with E-state index in [9.17, 15) is 9.90 Å². The normalized spacial score (nSPS) is 11.7. The van der Waals surface area contributed by atoms with Gasteiger partial charge in [-0.2, -0.15) is 0 Å². The Kier molecular flexibility index (Phi) is 4.83. The number of nitrogens with zero attached hydrogens (tertiary/aromatic N) is 4. The molecule has 0 aliphatic heterocycles. The molecule has 4 rings (SSSR count). The lowest BCUT2D eigenvalue weighted by Gasteiger charge is -2.18. The maximum atomic E-state index is 11.3. The van der Waals surface area contributed by atoms with Gasteiger partial charge in [0.05, 0.1) is 22.8 Å². The van der Waals surface area contributed by atoms with Crippen LogP contribution < -0.4 is 5.32 Å². The number of carboxylic acid groups (broad SMARTS) is 1. The van der Waals surface area contributed by atoms with Gasteiger partial charge in [0, 0.05) is 30.1 Å². The number of hydrogen-bond acceptors (Lipinski definition) is 5. The molecule has 4 aromatic rings. The van der Waals surface area contributed by atoms with Crippen molar-refractivity contribution in [2.45, 2.75) is 13.8 Å². The summed E-state index contributed by atoms with van der Waals surface area (Å²) >= 11 is 0. The van der Waals surface area contributed by atoms with Crippen LogP contribution in [-0.4, -0.2) is 56.5 Å². The number of carboxylic acids is 1. The zero-order chi connectivity index (χ0) is 19.7. The summed E-state index contributed by atoms with van der Waals surface area (Å²) in [6.45, 7) is 8.10. The van der Waals surface area contributed by atoms with E-state index in [4.69, 9.17) is 4.98 Å². The van der Waals surface area contributed by atoms with Crippen LogP contribution in [0.15, 0.2) is 42.7 Å². The number of pyridine rings is 1. The van der Waals surface area contributed by atoms with Crippen LogP contribution in [0.3, 0.4) is 0 Å². The van der Waals surface area contributed by atoms with E-state index in [2.05, 4.69) is 29.0 Å². The molecular formula is C21H23N5O2. The molecule has 0 aliphatic rings. The summed E-state index contributed by atoms with van der Waals surface area (Å²) in [6, 6.07) is 9.01. The maximum absolute atomic E-state index is 11.3. The Morgan fingerprint density at radius 2 is 2.00 bits per heavy atom. The van der Waals surface area contributed by atoms with Gasteiger partial charge < -0.3 is 15.3 Å². The minimum Gasteiger partial charge on any atom is -0.478 e. The van der Waals surface area contributed by atoms with Gasteiger partial charge in [-0.25, -0.2) is 9.78 Å². The van der Waals surface area contributed by atoms with Crippen molar-refractivity contribution < 1.29 is 9.90 Å². The lowest BCUT2D eigenvalue weighted by molar-refractivity contribution is 0.0697. The summed E-state index contributed by atoms with van der Waals surface area (Å²) in [5.74, 6) is -0.117. The van der Waals surface area contributed by atoms with Crippen molar-refractivity contribution in [2.24, 2.45) is 0 Å². The van der Waals surface area contributed by atoms with Crippen LogP contribution in [0.2, 0.25) is 0 Å². The first-order chi connectivity index (χ1) is 13.6. The van der Waals surface area contributed by atoms with E-state index in [1.54, 1.807) is 18.3 Å². The lowest BCUT2D eigenvalue weighted by Crippen LogP contribution is -2.28. The molecule has 0 fully saturated rings. The Bertz CT molecular complexity index is 1160. The summed E-state index contributed by atoms with van der Waals surface area (Å²) in [7, 11) is 0. The predicted octanol–water partition coefficient (Wildman–Crippen LogP) is 3.49. The molecule has 0 radical (unpaired) electrons. The molecular weight excluding hydrogens is 354 g/mol. The van der Waals surface area contributed by atoms with Crippen LogP contribution in [0.25, 0.3) is 27.5 Å². The molecule has 0 amide bonds. The number of nitrogens with one attached hydrogen (secondary N) is 1. The Morgan fingerprint density at radius 3 is 2.75 bits per heavy atom. The Morgan fingerprint density at radius 1 is 1.18 bits per heavy atom. The SMILES string of the molecule is CCN(CC)CCNc1nc2cc3cc(C(=O)O)ccc3n2c2cnccc12. The summed E-state index contributed by atoms with van der Waals surface area (Å²) in [5, 5.41) is 14.6. The van der Waals surface area contributed by atoms with Gasteiger partial charge in [-0.05, 0) is 43.4 Å². The molecule has 0 aliphatic carbocycles. The molecule has 0 saturated heterocycles. The molecule has 7 heteroatoms. The molecule has 3 heterocycles. The zero-order valence-corrected chi connectivity index (χ0v) is 16.0. The number of rotatable bonds is 7. The first kappa shape index (κ1) is 18.2. The Balaban J connectivity index is 1.82. The van der Waals surface area contributed by atoms with Crippen LogP contribution in [-0.2, 0) is 0 Å². The van der Waals surface area contributed by atoms with Crippen molar-refractivity contribution in [2.75, 3.05) is 31.5 Å². The smallest absolute Gasteiger partial charge is 0.335 e. The zero-order valence-electron chi connectivity index (χ0n) is 16.0. The predicted molar refractivity (Wildman–Crippen MR) is 111 cm³/mol. The van der Waals surface area contributed by atoms with Crippen LogP contribution in [0.1, 0.15) is 24.2 Å². The first-order valence-electron chi connectivity index (χ1n) is 9.50. The molecule has 0 bridgehead atoms. The second kappa shape index (κ2) is 7.44. The third kappa shape index (κ3) is 3.14. The highest BCUT2D eigenvalue weighted by molar-refractivity contribution is 6.00. The van der Waals surface area contributed by atoms with E-state index >= 15 is 0 Å². The third-order valence-electron chi connectivity index (χ3n) is 5.17. The van der Waals surface area contributed by atoms with Crippen molar-refractivity contribution in [3.05, 3.63) is 48.3 Å². The van der Waals surface area contributed by atoms with Gasteiger partial charge in [0.2, 0.25) is 0 Å². The average molecular weight is 377 g/mol. The van der Waals surface area contributed by atoms with Gasteiger partial charge in [0.1, 0.15) is 11.5 Å². The number of carbonyl (C=O) groups is 1. The van der Waals surface area contributed by atoms with Crippen molar-refractivity contribution in [3.8, 4) is 0 Å². The van der Waals surface area contributed by atoms with Crippen LogP contribution in [0.4, 0.5) is 5.82 Å². The highest BCUT2D eigenvalue weighted by Crippen LogP contribution is 2.28. The maximum Gasteiger partial charge on any atom is 0.335 e. The molecule has 3 aromatic heterocycles. The fourth-order valence-electron chi connectivity index (χ4n) is 3.62. The molecule has 2 N–H and O–H groups in total. The van der Waals surface area contributed by atoms with E-state index in [1.807, 2.05) is 28.8 Å². The highest BCUT2D eigenvalue weighted by atomic mass is 16.4. The van der Waals surface area contributed by atoms with Crippen molar-refractivity contribution in [1.29, 1.82) is 0 Å². The number of benzene rings is 1. The Labute approximate surface area is 162 Å². The molecule has 0 spiro atoms. The molecule has 7 nitrogen and oxygen atoms in total. The summed E-state index contributed by atoms with van der Waals surface area (Å²) in [6.07, 6.45) is 3.59. The molecule has 0 saturated carbocycles. The van der Waals surface area contributed by atoms with Gasteiger partial charge in [-0.1, -0.05) is 13.8 Å². The van der Waals surface area contributed by atoms with E-state index in [0.717, 1.165) is 59.4 Å². The molecule has 144 valence electrons. The average Bonchev–Trinajstić information content (AvgIpc) is 3.08. The third-order valence-corrected chi connectivity index (χ3v) is 5.17. The van der Waals surface area contributed by atoms with Gasteiger partial charge in [0.15, 0.2) is 0 Å². The second-order valence-electron chi connectivity index (χ2n) is 6.72. The molecule has 0 unspecified atom stereocenters. The first-order valence-corrected chi connectivity index (χ1v) is 9.50. The second-order valence-corrected chi connectivity index (χ2v) is 6.72. The number of likely N-dealkylation sites (N-methyl/N-ethyl adjacent to an activating group) is 1. The van der Waals surface area contributed by atoms with Crippen LogP contribution in [0.5, 0.6) is 0 Å². The van der Waals surface area contributed by atoms with Gasteiger partial charge in [-0.3, -0.25) is 9.38 Å². The number of anilines is 1. The molecule has 28 heavy (non-hydrogen) atoms. The monoisotopic (exact) mass is 377 g/mol. The fraction of sp³-hybridized carbons (Fsp3) is 0.286. The van der Waals surface area contributed by atoms with Gasteiger partial charge in [-0.15, -0.1) is 0 Å². The van der Waals surface area contributed by atoms with Crippen molar-refractivity contribution >= 4 is 39.2 Å². The number of hydrogen-bond donors (Lipinski definition) is 2. The quantitative estimate of drug-likeness (QED) is 0.513. The number of aromatic nitrogens is 3. The fourth-order valence-corrected chi connectivity index (χ4v) is 3.62. The minimum atomic E-state index is -0.935. The highest BCUT2D eigenvalue weighted by Gasteiger charge is 2.13. The van der Waals surface area contributed by atoms with Gasteiger partial charge in [0.25, 0.3) is 0 Å². The summed E-state index contributed by atoms with van der Waals surface area (Å²) in [4.78, 5) is 22.8. The lowest BCUT2D eigenvalue weighted by atomic mass is 10.1. The van der Waals surface area contributed by atoms with Crippen LogP contribution in [0, 0.1) is 0 Å². The van der Waals surface area contributed by atoms with E-state index in [-0.39, 0.29) is 5.56 Å². The van der Waals surface area contributed by atoms with Crippen LogP contribution >= 0.6 is 0 Å². The minimum absolute atomic E-state index is 0.267. The number of aromatic carboxylic acids is 1. The molecule has 0 atom stereocenters. The summed E-state index contributed by atoms with van der Waals surface area (Å²) < 4.78 is 2.03. The van der Waals surface area contributed by atoms with Crippen molar-refractivity contribution in [1.82, 2.24) is 19.3 Å².